The lowest BCUT2D eigenvalue weighted by Gasteiger charge is -2.16. The van der Waals surface area contributed by atoms with Crippen molar-refractivity contribution in [3.8, 4) is 6.07 Å². The van der Waals surface area contributed by atoms with Crippen LogP contribution in [-0.2, 0) is 14.1 Å². The number of carbonyl (C=O) groups excluding carboxylic acids is 1. The Morgan fingerprint density at radius 1 is 1.50 bits per heavy atom. The highest BCUT2D eigenvalue weighted by Crippen LogP contribution is 2.47. The second-order valence-corrected chi connectivity index (χ2v) is 7.43. The van der Waals surface area contributed by atoms with E-state index in [-0.39, 0.29) is 18.3 Å². The second kappa shape index (κ2) is 7.46. The third kappa shape index (κ3) is 5.92. The summed E-state index contributed by atoms with van der Waals surface area (Å²) < 4.78 is 17.1. The maximum absolute atomic E-state index is 12.3. The van der Waals surface area contributed by atoms with E-state index in [0.717, 1.165) is 0 Å². The summed E-state index contributed by atoms with van der Waals surface area (Å²) in [6.45, 7) is 5.70. The number of esters is 1. The maximum atomic E-state index is 12.3. The number of hydrogen-bond acceptors (Lipinski definition) is 4. The number of carbonyl (C=O) groups is 1. The zero-order valence-electron chi connectivity index (χ0n) is 10.2. The van der Waals surface area contributed by atoms with Crippen LogP contribution < -0.4 is 0 Å². The lowest BCUT2D eigenvalue weighted by molar-refractivity contribution is -0.142. The van der Waals surface area contributed by atoms with Crippen LogP contribution in [0.4, 0.5) is 0 Å². The van der Waals surface area contributed by atoms with Crippen molar-refractivity contribution in [3.05, 3.63) is 0 Å². The Labute approximate surface area is 97.3 Å². The molecule has 0 aromatic rings. The Balaban J connectivity index is 4.23. The molecule has 0 N–H and O–H groups in total. The van der Waals surface area contributed by atoms with Crippen LogP contribution in [0.25, 0.3) is 0 Å². The van der Waals surface area contributed by atoms with Gasteiger partial charge in [0.05, 0.1) is 32.2 Å². The molecule has 0 spiro atoms. The van der Waals surface area contributed by atoms with E-state index in [1.165, 1.54) is 0 Å². The lowest BCUT2D eigenvalue weighted by atomic mass is 10.3. The molecule has 0 aliphatic carbocycles. The number of hydrogen-bond donors (Lipinski definition) is 0. The molecule has 5 heteroatoms. The van der Waals surface area contributed by atoms with Crippen molar-refractivity contribution in [2.24, 2.45) is 5.92 Å². The van der Waals surface area contributed by atoms with E-state index < -0.39 is 7.14 Å². The molecule has 0 amide bonds. The number of rotatable bonds is 7. The van der Waals surface area contributed by atoms with Gasteiger partial charge in [0, 0.05) is 12.3 Å². The largest absolute Gasteiger partial charge is 0.466 e. The molecule has 0 saturated heterocycles. The summed E-state index contributed by atoms with van der Waals surface area (Å²) in [5.74, 6) is -0.520. The fourth-order valence-corrected chi connectivity index (χ4v) is 3.87. The van der Waals surface area contributed by atoms with Crippen LogP contribution in [0.15, 0.2) is 0 Å². The van der Waals surface area contributed by atoms with E-state index in [1.54, 1.807) is 13.8 Å². The Bertz CT molecular complexity index is 309. The van der Waals surface area contributed by atoms with E-state index >= 15 is 0 Å². The van der Waals surface area contributed by atoms with Gasteiger partial charge in [-0.25, -0.2) is 0 Å². The van der Waals surface area contributed by atoms with E-state index in [1.807, 2.05) is 6.92 Å². The average Bonchev–Trinajstić information content (AvgIpc) is 2.27. The number of nitrogens with zero attached hydrogens (tertiary/aromatic N) is 1. The molecule has 0 aliphatic rings. The van der Waals surface area contributed by atoms with Crippen LogP contribution in [0.1, 0.15) is 27.2 Å². The lowest BCUT2D eigenvalue weighted by Crippen LogP contribution is -2.10. The molecule has 92 valence electrons. The topological polar surface area (TPSA) is 67.2 Å². The highest BCUT2D eigenvalue weighted by Gasteiger charge is 2.23. The quantitative estimate of drug-likeness (QED) is 0.510. The Hall–Kier alpha value is -0.810. The van der Waals surface area contributed by atoms with Crippen LogP contribution in [0, 0.1) is 17.2 Å². The van der Waals surface area contributed by atoms with Gasteiger partial charge in [0.25, 0.3) is 0 Å². The normalized spacial score (nSPS) is 15.9. The van der Waals surface area contributed by atoms with E-state index in [2.05, 4.69) is 6.07 Å². The van der Waals surface area contributed by atoms with Crippen molar-refractivity contribution >= 4 is 13.1 Å². The Kier molecular flexibility index (Phi) is 7.08. The van der Waals surface area contributed by atoms with Gasteiger partial charge in [0.15, 0.2) is 0 Å². The standard InChI is InChI=1S/C11H20NO3P/c1-4-15-11(13)6-7-16(14,5-2)9-10(3)8-12/h10H,4-7,9H2,1-3H3. The molecule has 2 unspecified atom stereocenters. The molecule has 0 aromatic carbocycles. The first kappa shape index (κ1) is 15.2. The molecule has 16 heavy (non-hydrogen) atoms. The summed E-state index contributed by atoms with van der Waals surface area (Å²) in [6, 6.07) is 2.08. The van der Waals surface area contributed by atoms with Gasteiger partial charge in [-0.1, -0.05) is 6.92 Å². The monoisotopic (exact) mass is 245 g/mol. The zero-order valence-corrected chi connectivity index (χ0v) is 11.1. The molecule has 0 radical (unpaired) electrons. The van der Waals surface area contributed by atoms with Gasteiger partial charge in [-0.15, -0.1) is 0 Å². The minimum absolute atomic E-state index is 0.192. The third-order valence-electron chi connectivity index (χ3n) is 2.43. The van der Waals surface area contributed by atoms with Crippen molar-refractivity contribution in [1.29, 1.82) is 5.26 Å². The van der Waals surface area contributed by atoms with Crippen molar-refractivity contribution in [2.75, 3.05) is 25.1 Å². The summed E-state index contributed by atoms with van der Waals surface area (Å²) in [5, 5.41) is 8.69. The predicted octanol–water partition coefficient (Wildman–Crippen LogP) is 2.48. The zero-order chi connectivity index (χ0) is 12.6. The highest BCUT2D eigenvalue weighted by molar-refractivity contribution is 7.63. The maximum Gasteiger partial charge on any atom is 0.306 e. The molecule has 0 heterocycles. The molecule has 2 atom stereocenters. The van der Waals surface area contributed by atoms with Gasteiger partial charge < -0.3 is 9.30 Å². The summed E-state index contributed by atoms with van der Waals surface area (Å²) in [4.78, 5) is 11.2. The van der Waals surface area contributed by atoms with Crippen LogP contribution in [0.3, 0.4) is 0 Å². The molecular weight excluding hydrogens is 225 g/mol. The van der Waals surface area contributed by atoms with Gasteiger partial charge in [-0.2, -0.15) is 5.26 Å². The van der Waals surface area contributed by atoms with Crippen LogP contribution in [0.2, 0.25) is 0 Å². The smallest absolute Gasteiger partial charge is 0.306 e. The molecule has 0 saturated carbocycles. The van der Waals surface area contributed by atoms with Gasteiger partial charge in [0.1, 0.15) is 0 Å². The minimum Gasteiger partial charge on any atom is -0.466 e. The Morgan fingerprint density at radius 2 is 2.12 bits per heavy atom. The number of nitriles is 1. The van der Waals surface area contributed by atoms with Crippen LogP contribution in [0.5, 0.6) is 0 Å². The fourth-order valence-electron chi connectivity index (χ4n) is 1.45. The molecule has 0 aliphatic heterocycles. The molecule has 0 fully saturated rings. The molecule has 0 aromatic heterocycles. The van der Waals surface area contributed by atoms with Crippen molar-refractivity contribution in [2.45, 2.75) is 27.2 Å². The fraction of sp³-hybridized carbons (Fsp3) is 0.818. The van der Waals surface area contributed by atoms with Crippen LogP contribution in [-0.4, -0.2) is 31.1 Å². The van der Waals surface area contributed by atoms with E-state index in [9.17, 15) is 9.36 Å². The minimum atomic E-state index is -2.37. The summed E-state index contributed by atoms with van der Waals surface area (Å²) in [7, 11) is -2.37. The Morgan fingerprint density at radius 3 is 2.56 bits per heavy atom. The first-order valence-corrected chi connectivity index (χ1v) is 7.86. The summed E-state index contributed by atoms with van der Waals surface area (Å²) >= 11 is 0. The van der Waals surface area contributed by atoms with Crippen molar-refractivity contribution in [1.82, 2.24) is 0 Å². The van der Waals surface area contributed by atoms with E-state index in [0.29, 0.717) is 25.1 Å². The third-order valence-corrected chi connectivity index (χ3v) is 5.84. The first-order valence-electron chi connectivity index (χ1n) is 5.59. The summed E-state index contributed by atoms with van der Waals surface area (Å²) in [5.41, 5.74) is 0. The first-order chi connectivity index (χ1) is 7.47. The SMILES string of the molecule is CCOC(=O)CCP(=O)(CC)CC(C)C#N. The molecule has 0 rings (SSSR count). The highest BCUT2D eigenvalue weighted by atomic mass is 31.2. The van der Waals surface area contributed by atoms with Gasteiger partial charge in [-0.05, 0) is 20.0 Å². The molecular formula is C11H20NO3P. The van der Waals surface area contributed by atoms with E-state index in [4.69, 9.17) is 10.00 Å². The number of ether oxygens (including phenoxy) is 1. The average molecular weight is 245 g/mol. The second-order valence-electron chi connectivity index (χ2n) is 3.87. The van der Waals surface area contributed by atoms with Crippen molar-refractivity contribution in [3.63, 3.8) is 0 Å². The van der Waals surface area contributed by atoms with Crippen molar-refractivity contribution < 1.29 is 14.1 Å². The summed E-state index contributed by atoms with van der Waals surface area (Å²) in [6.07, 6.45) is 1.49. The molecule has 4 nitrogen and oxygen atoms in total. The predicted molar refractivity (Wildman–Crippen MR) is 63.9 cm³/mol. The van der Waals surface area contributed by atoms with Crippen LogP contribution >= 0.6 is 7.14 Å². The van der Waals surface area contributed by atoms with Gasteiger partial charge in [-0.3, -0.25) is 4.79 Å². The molecule has 0 bridgehead atoms. The van der Waals surface area contributed by atoms with Gasteiger partial charge in [0.2, 0.25) is 0 Å². The van der Waals surface area contributed by atoms with Gasteiger partial charge >= 0.3 is 5.97 Å².